The average molecular weight is 316 g/mol. The van der Waals surface area contributed by atoms with Crippen molar-refractivity contribution in [2.45, 2.75) is 38.4 Å². The zero-order valence-corrected chi connectivity index (χ0v) is 13.4. The first-order chi connectivity index (χ1) is 11.0. The zero-order chi connectivity index (χ0) is 16.4. The number of fused-ring (bicyclic) bond motifs is 1. The number of aliphatic hydroxyl groups is 2. The topological polar surface area (TPSA) is 66.8 Å². The Hall–Kier alpha value is -1.65. The van der Waals surface area contributed by atoms with Gasteiger partial charge in [0.25, 0.3) is 0 Å². The largest absolute Gasteiger partial charge is 0.491 e. The van der Waals surface area contributed by atoms with Crippen LogP contribution in [0.4, 0.5) is 0 Å². The molecule has 0 radical (unpaired) electrons. The van der Waals surface area contributed by atoms with E-state index in [1.54, 1.807) is 6.08 Å². The van der Waals surface area contributed by atoms with Gasteiger partial charge in [0.1, 0.15) is 24.2 Å². The summed E-state index contributed by atoms with van der Waals surface area (Å²) in [6, 6.07) is 9.35. The fourth-order valence-electron chi connectivity index (χ4n) is 3.80. The van der Waals surface area contributed by atoms with Crippen LogP contribution in [0.3, 0.4) is 0 Å². The van der Waals surface area contributed by atoms with Gasteiger partial charge in [-0.25, -0.2) is 0 Å². The van der Waals surface area contributed by atoms with E-state index in [0.717, 1.165) is 12.2 Å². The van der Waals surface area contributed by atoms with E-state index in [2.05, 4.69) is 0 Å². The lowest BCUT2D eigenvalue weighted by atomic mass is 9.50. The van der Waals surface area contributed by atoms with Crippen molar-refractivity contribution in [2.24, 2.45) is 17.3 Å². The Labute approximate surface area is 136 Å². The molecule has 0 aromatic heterocycles. The van der Waals surface area contributed by atoms with Gasteiger partial charge in [0, 0.05) is 17.8 Å². The van der Waals surface area contributed by atoms with Crippen LogP contribution in [-0.4, -0.2) is 34.8 Å². The fraction of sp³-hybridized carbons (Fsp3) is 0.526. The second-order valence-corrected chi connectivity index (χ2v) is 6.91. The number of ether oxygens (including phenoxy) is 1. The van der Waals surface area contributed by atoms with Crippen molar-refractivity contribution in [3.63, 3.8) is 0 Å². The number of ketones is 1. The highest BCUT2D eigenvalue weighted by Crippen LogP contribution is 2.55. The Balaban J connectivity index is 1.57. The summed E-state index contributed by atoms with van der Waals surface area (Å²) in [5.41, 5.74) is -0.278. The van der Waals surface area contributed by atoms with E-state index in [9.17, 15) is 15.0 Å². The highest BCUT2D eigenvalue weighted by atomic mass is 16.5. The monoisotopic (exact) mass is 316 g/mol. The summed E-state index contributed by atoms with van der Waals surface area (Å²) in [7, 11) is 0. The summed E-state index contributed by atoms with van der Waals surface area (Å²) >= 11 is 0. The predicted octanol–water partition coefficient (Wildman–Crippen LogP) is 2.35. The smallest absolute Gasteiger partial charge is 0.139 e. The van der Waals surface area contributed by atoms with Gasteiger partial charge in [-0.15, -0.1) is 0 Å². The van der Waals surface area contributed by atoms with E-state index in [0.29, 0.717) is 18.6 Å². The van der Waals surface area contributed by atoms with E-state index < -0.39 is 12.2 Å². The number of hydrogen-bond acceptors (Lipinski definition) is 4. The Bertz CT molecular complexity index is 582. The van der Waals surface area contributed by atoms with Gasteiger partial charge in [-0.05, 0) is 30.9 Å². The van der Waals surface area contributed by atoms with Gasteiger partial charge in [0.2, 0.25) is 0 Å². The van der Waals surface area contributed by atoms with Crippen LogP contribution < -0.4 is 4.74 Å². The molecule has 124 valence electrons. The molecule has 0 amide bonds. The lowest BCUT2D eigenvalue weighted by Gasteiger charge is -2.53. The maximum absolute atomic E-state index is 11.9. The Morgan fingerprint density at radius 2 is 2.13 bits per heavy atom. The number of Topliss-reactive ketones (excluding diaryl/α,β-unsaturated/α-hetero) is 1. The number of rotatable bonds is 5. The van der Waals surface area contributed by atoms with E-state index in [1.165, 1.54) is 0 Å². The van der Waals surface area contributed by atoms with Crippen molar-refractivity contribution in [3.05, 3.63) is 42.5 Å². The SMILES string of the molecule is C[C@]12CC[C@@H](O)[C@H](/C=C/[C@H](O)COc3ccccc3)[C@H]1CC2=O. The molecule has 1 aromatic carbocycles. The fourth-order valence-corrected chi connectivity index (χ4v) is 3.80. The molecule has 0 saturated heterocycles. The number of benzene rings is 1. The number of para-hydroxylation sites is 1. The molecule has 2 saturated carbocycles. The van der Waals surface area contributed by atoms with E-state index in [1.807, 2.05) is 43.3 Å². The molecule has 4 nitrogen and oxygen atoms in total. The van der Waals surface area contributed by atoms with Gasteiger partial charge in [0.15, 0.2) is 0 Å². The molecule has 5 atom stereocenters. The van der Waals surface area contributed by atoms with Crippen molar-refractivity contribution in [2.75, 3.05) is 6.61 Å². The molecule has 3 rings (SSSR count). The predicted molar refractivity (Wildman–Crippen MR) is 87.0 cm³/mol. The summed E-state index contributed by atoms with van der Waals surface area (Å²) in [5, 5.41) is 20.3. The number of hydrogen-bond donors (Lipinski definition) is 2. The molecule has 2 fully saturated rings. The van der Waals surface area contributed by atoms with Crippen LogP contribution in [0.2, 0.25) is 0 Å². The van der Waals surface area contributed by atoms with Gasteiger partial charge in [-0.2, -0.15) is 0 Å². The number of aliphatic hydroxyl groups excluding tert-OH is 2. The van der Waals surface area contributed by atoms with Crippen LogP contribution in [0.1, 0.15) is 26.2 Å². The highest BCUT2D eigenvalue weighted by molar-refractivity contribution is 5.91. The highest BCUT2D eigenvalue weighted by Gasteiger charge is 2.57. The second kappa shape index (κ2) is 6.46. The summed E-state index contributed by atoms with van der Waals surface area (Å²) in [5.74, 6) is 1.16. The Morgan fingerprint density at radius 3 is 2.83 bits per heavy atom. The van der Waals surface area contributed by atoms with E-state index in [4.69, 9.17) is 4.74 Å². The molecule has 0 spiro atoms. The standard InChI is InChI=1S/C19H24O4/c1-19-10-9-17(21)15(16(19)11-18(19)22)8-7-13(20)12-23-14-5-3-2-4-6-14/h2-8,13,15-17,20-21H,9-12H2,1H3/b8-7+/t13-,15+,16+,17+,19-/m0/s1. The summed E-state index contributed by atoms with van der Waals surface area (Å²) in [6.07, 6.45) is 4.35. The molecule has 0 aliphatic heterocycles. The maximum Gasteiger partial charge on any atom is 0.139 e. The summed E-state index contributed by atoms with van der Waals surface area (Å²) < 4.78 is 5.52. The molecule has 0 bridgehead atoms. The van der Waals surface area contributed by atoms with Gasteiger partial charge in [-0.3, -0.25) is 4.79 Å². The van der Waals surface area contributed by atoms with E-state index in [-0.39, 0.29) is 23.9 Å². The second-order valence-electron chi connectivity index (χ2n) is 6.91. The first kappa shape index (κ1) is 16.2. The van der Waals surface area contributed by atoms with Gasteiger partial charge < -0.3 is 14.9 Å². The average Bonchev–Trinajstić information content (AvgIpc) is 2.57. The van der Waals surface area contributed by atoms with Gasteiger partial charge in [0.05, 0.1) is 6.10 Å². The first-order valence-electron chi connectivity index (χ1n) is 8.26. The minimum atomic E-state index is -0.730. The molecule has 0 unspecified atom stereocenters. The number of carbonyl (C=O) groups excluding carboxylic acids is 1. The van der Waals surface area contributed by atoms with Crippen LogP contribution in [0, 0.1) is 17.3 Å². The zero-order valence-electron chi connectivity index (χ0n) is 13.4. The molecule has 2 aliphatic carbocycles. The van der Waals surface area contributed by atoms with Crippen molar-refractivity contribution < 1.29 is 19.7 Å². The van der Waals surface area contributed by atoms with Crippen LogP contribution in [0.25, 0.3) is 0 Å². The van der Waals surface area contributed by atoms with Crippen molar-refractivity contribution in [3.8, 4) is 5.75 Å². The van der Waals surface area contributed by atoms with Crippen molar-refractivity contribution >= 4 is 5.78 Å². The van der Waals surface area contributed by atoms with Crippen molar-refractivity contribution in [1.82, 2.24) is 0 Å². The quantitative estimate of drug-likeness (QED) is 0.818. The molecular formula is C19H24O4. The molecule has 23 heavy (non-hydrogen) atoms. The Kier molecular flexibility index (Phi) is 4.55. The van der Waals surface area contributed by atoms with Crippen molar-refractivity contribution in [1.29, 1.82) is 0 Å². The first-order valence-corrected chi connectivity index (χ1v) is 8.26. The Morgan fingerprint density at radius 1 is 1.39 bits per heavy atom. The van der Waals surface area contributed by atoms with Crippen LogP contribution in [0.5, 0.6) is 5.75 Å². The molecular weight excluding hydrogens is 292 g/mol. The van der Waals surface area contributed by atoms with E-state index >= 15 is 0 Å². The lowest BCUT2D eigenvalue weighted by Crippen LogP contribution is -2.56. The third-order valence-electron chi connectivity index (χ3n) is 5.45. The number of carbonyl (C=O) groups is 1. The molecule has 2 N–H and O–H groups in total. The minimum absolute atomic E-state index is 0.0576. The van der Waals surface area contributed by atoms with Gasteiger partial charge in [-0.1, -0.05) is 37.3 Å². The maximum atomic E-state index is 11.9. The molecule has 4 heteroatoms. The molecule has 0 heterocycles. The van der Waals surface area contributed by atoms with Crippen LogP contribution in [-0.2, 0) is 4.79 Å². The van der Waals surface area contributed by atoms with Gasteiger partial charge >= 0.3 is 0 Å². The molecule has 1 aromatic rings. The summed E-state index contributed by atoms with van der Waals surface area (Å²) in [6.45, 7) is 2.18. The molecule has 2 aliphatic rings. The summed E-state index contributed by atoms with van der Waals surface area (Å²) in [4.78, 5) is 11.9. The lowest BCUT2D eigenvalue weighted by molar-refractivity contribution is -0.157. The third kappa shape index (κ3) is 3.19. The normalized spacial score (nSPS) is 34.7. The third-order valence-corrected chi connectivity index (χ3v) is 5.45. The van der Waals surface area contributed by atoms with Crippen LogP contribution >= 0.6 is 0 Å². The van der Waals surface area contributed by atoms with Crippen LogP contribution in [0.15, 0.2) is 42.5 Å². The minimum Gasteiger partial charge on any atom is -0.491 e.